The number of benzene rings is 4. The smallest absolute Gasteiger partial charge is 0.475 e. The van der Waals surface area contributed by atoms with Crippen molar-refractivity contribution in [2.75, 3.05) is 0 Å². The van der Waals surface area contributed by atoms with Crippen LogP contribution in [0, 0.1) is 16.9 Å². The molecule has 0 aliphatic rings. The summed E-state index contributed by atoms with van der Waals surface area (Å²) in [7, 11) is 0. The van der Waals surface area contributed by atoms with Crippen LogP contribution in [0.25, 0.3) is 44.1 Å². The number of fused-ring (bicyclic) bond motifs is 2. The molecule has 6 rings (SSSR count). The Bertz CT molecular complexity index is 1610. The first-order valence-electron chi connectivity index (χ1n) is 12.0. The summed E-state index contributed by atoms with van der Waals surface area (Å²) in [5.41, 5.74) is 4.26. The molecule has 0 atom stereocenters. The van der Waals surface area contributed by atoms with E-state index in [1.807, 2.05) is 79.1 Å². The molecule has 11 heteroatoms. The molecule has 0 aliphatic carbocycles. The van der Waals surface area contributed by atoms with Crippen molar-refractivity contribution in [3.05, 3.63) is 134 Å². The van der Waals surface area contributed by atoms with E-state index in [1.165, 1.54) is 27.1 Å². The maximum absolute atomic E-state index is 10.6. The summed E-state index contributed by atoms with van der Waals surface area (Å²) in [5.74, 6) is -2.76. The summed E-state index contributed by atoms with van der Waals surface area (Å²) in [6.45, 7) is 0. The van der Waals surface area contributed by atoms with E-state index in [0.29, 0.717) is 0 Å². The molecule has 0 spiro atoms. The monoisotopic (exact) mass is 851 g/mol. The number of hydrogen-bond donors (Lipinski definition) is 1. The van der Waals surface area contributed by atoms with Gasteiger partial charge in [0.25, 0.3) is 0 Å². The van der Waals surface area contributed by atoms with Gasteiger partial charge in [0, 0.05) is 76.6 Å². The second-order valence-corrected chi connectivity index (χ2v) is 8.21. The molecular weight excluding hydrogens is 829 g/mol. The van der Waals surface area contributed by atoms with Gasteiger partial charge in [-0.1, -0.05) is 78.9 Å². The summed E-state index contributed by atoms with van der Waals surface area (Å²) in [4.78, 5) is 17.8. The molecule has 0 aliphatic heterocycles. The van der Waals surface area contributed by atoms with Crippen LogP contribution in [-0.2, 0) is 47.3 Å². The number of carboxylic acid groups (broad SMARTS) is 1. The average molecular weight is 852 g/mol. The minimum atomic E-state index is -5.08. The van der Waals surface area contributed by atoms with E-state index in [1.54, 1.807) is 0 Å². The largest absolute Gasteiger partial charge is 0.490 e. The molecule has 6 aromatic rings. The number of rotatable bonds is 2. The zero-order valence-electron chi connectivity index (χ0n) is 22.0. The van der Waals surface area contributed by atoms with Crippen LogP contribution in [0.4, 0.5) is 13.2 Å². The van der Waals surface area contributed by atoms with Crippen LogP contribution in [0.2, 0.25) is 0 Å². The first-order chi connectivity index (χ1) is 19.8. The van der Waals surface area contributed by atoms with Gasteiger partial charge in [-0.25, -0.2) is 4.79 Å². The molecule has 0 saturated heterocycles. The molecule has 4 aromatic carbocycles. The van der Waals surface area contributed by atoms with Gasteiger partial charge in [0.1, 0.15) is 0 Å². The number of pyridine rings is 2. The first kappa shape index (κ1) is 36.8. The second kappa shape index (κ2) is 18.3. The van der Waals surface area contributed by atoms with Crippen LogP contribution in [0.1, 0.15) is 0 Å². The molecule has 0 saturated carbocycles. The van der Waals surface area contributed by atoms with Gasteiger partial charge in [-0.2, -0.15) is 13.2 Å². The molecule has 0 bridgehead atoms. The third-order valence-electron chi connectivity index (χ3n) is 5.60. The SMILES string of the molecule is N#N.O=C(O)C(F)(F)F.[Ag].[Ir].[c-]1ccccc1-c1nccc2ccccc12.c1ccc(-c2nccc3ccccc23)cc1. The van der Waals surface area contributed by atoms with Crippen molar-refractivity contribution in [1.29, 1.82) is 10.8 Å². The molecule has 6 nitrogen and oxygen atoms in total. The molecule has 224 valence electrons. The molecular formula is C32H22AgF3IrN4O2-. The van der Waals surface area contributed by atoms with Crippen molar-refractivity contribution in [2.24, 2.45) is 0 Å². The normalized spacial score (nSPS) is 9.70. The van der Waals surface area contributed by atoms with Crippen molar-refractivity contribution < 1.29 is 65.6 Å². The molecule has 43 heavy (non-hydrogen) atoms. The second-order valence-electron chi connectivity index (χ2n) is 8.21. The van der Waals surface area contributed by atoms with Crippen molar-refractivity contribution in [2.45, 2.75) is 6.18 Å². The summed E-state index contributed by atoms with van der Waals surface area (Å²) in [6.07, 6.45) is -1.37. The third kappa shape index (κ3) is 10.5. The van der Waals surface area contributed by atoms with Gasteiger partial charge in [-0.15, -0.1) is 35.9 Å². The number of carboxylic acids is 1. The van der Waals surface area contributed by atoms with E-state index >= 15 is 0 Å². The Morgan fingerprint density at radius 3 is 1.60 bits per heavy atom. The van der Waals surface area contributed by atoms with E-state index in [9.17, 15) is 13.2 Å². The van der Waals surface area contributed by atoms with E-state index < -0.39 is 12.1 Å². The van der Waals surface area contributed by atoms with Crippen LogP contribution in [0.3, 0.4) is 0 Å². The minimum absolute atomic E-state index is 0. The van der Waals surface area contributed by atoms with E-state index in [4.69, 9.17) is 20.7 Å². The maximum Gasteiger partial charge on any atom is 0.490 e. The number of alkyl halides is 3. The van der Waals surface area contributed by atoms with Crippen molar-refractivity contribution in [3.8, 4) is 22.5 Å². The Morgan fingerprint density at radius 2 is 1.12 bits per heavy atom. The zero-order chi connectivity index (χ0) is 29.7. The van der Waals surface area contributed by atoms with Gasteiger partial charge in [0.15, 0.2) is 0 Å². The molecule has 1 N–H and O–H groups in total. The Hall–Kier alpha value is -4.23. The minimum Gasteiger partial charge on any atom is -0.475 e. The van der Waals surface area contributed by atoms with Gasteiger partial charge in [-0.05, 0) is 34.0 Å². The number of aliphatic carboxylic acids is 1. The van der Waals surface area contributed by atoms with Gasteiger partial charge in [0.2, 0.25) is 0 Å². The fourth-order valence-electron chi connectivity index (χ4n) is 3.82. The van der Waals surface area contributed by atoms with Crippen molar-refractivity contribution in [3.63, 3.8) is 0 Å². The van der Waals surface area contributed by atoms with Crippen LogP contribution >= 0.6 is 0 Å². The number of carbonyl (C=O) groups is 1. The van der Waals surface area contributed by atoms with Gasteiger partial charge in [0.05, 0.1) is 5.69 Å². The van der Waals surface area contributed by atoms with Crippen LogP contribution in [0.5, 0.6) is 0 Å². The van der Waals surface area contributed by atoms with Gasteiger partial charge < -0.3 is 10.1 Å². The Balaban J connectivity index is 0.000000328. The molecule has 0 amide bonds. The fraction of sp³-hybridized carbons (Fsp3) is 0.0312. The predicted octanol–water partition coefficient (Wildman–Crippen LogP) is 8.26. The summed E-state index contributed by atoms with van der Waals surface area (Å²) in [6, 6.07) is 42.1. The number of aromatic nitrogens is 2. The number of nitrogens with zero attached hydrogens (tertiary/aromatic N) is 4. The van der Waals surface area contributed by atoms with E-state index in [2.05, 4.69) is 64.6 Å². The number of hydrogen-bond acceptors (Lipinski definition) is 5. The topological polar surface area (TPSA) is 111 Å². The van der Waals surface area contributed by atoms with Crippen LogP contribution in [0.15, 0.2) is 128 Å². The Labute approximate surface area is 274 Å². The van der Waals surface area contributed by atoms with Crippen LogP contribution in [-0.4, -0.2) is 27.2 Å². The Kier molecular flexibility index (Phi) is 15.7. The number of halogens is 3. The third-order valence-corrected chi connectivity index (χ3v) is 5.60. The predicted molar refractivity (Wildman–Crippen MR) is 150 cm³/mol. The van der Waals surface area contributed by atoms with Gasteiger partial charge in [-0.3, -0.25) is 4.98 Å². The molecule has 0 fully saturated rings. The first-order valence-corrected chi connectivity index (χ1v) is 12.0. The molecule has 0 unspecified atom stereocenters. The Morgan fingerprint density at radius 1 is 0.674 bits per heavy atom. The molecule has 2 aromatic heterocycles. The van der Waals surface area contributed by atoms with Crippen molar-refractivity contribution >= 4 is 27.5 Å². The summed E-state index contributed by atoms with van der Waals surface area (Å²) >= 11 is 0. The summed E-state index contributed by atoms with van der Waals surface area (Å²) < 4.78 is 31.7. The summed E-state index contributed by atoms with van der Waals surface area (Å²) in [5, 5.41) is 23.9. The van der Waals surface area contributed by atoms with Crippen molar-refractivity contribution in [1.82, 2.24) is 9.97 Å². The average Bonchev–Trinajstić information content (AvgIpc) is 3.02. The fourth-order valence-corrected chi connectivity index (χ4v) is 3.82. The van der Waals surface area contributed by atoms with E-state index in [0.717, 1.165) is 17.0 Å². The quantitative estimate of drug-likeness (QED) is 0.107. The molecule has 2 radical (unpaired) electrons. The van der Waals surface area contributed by atoms with Gasteiger partial charge >= 0.3 is 12.1 Å². The standard InChI is InChI=1S/C15H11N.C15H10N.C2HF3O2.Ag.Ir.N2/c2*1-2-7-13(8-3-1)15-14-9-5-4-6-12(14)10-11-16-15;3-2(4,5)1(6)7;;;1-2/h1-11H;1-7,9-11H;(H,6,7);;;/q;-1;;;;. The maximum atomic E-state index is 10.6. The van der Waals surface area contributed by atoms with E-state index in [-0.39, 0.29) is 42.5 Å². The molecule has 2 heterocycles. The van der Waals surface area contributed by atoms with Crippen LogP contribution < -0.4 is 0 Å². The zero-order valence-corrected chi connectivity index (χ0v) is 25.9.